The monoisotopic (exact) mass is 270 g/mol. The van der Waals surface area contributed by atoms with E-state index in [1.54, 1.807) is 25.3 Å². The Morgan fingerprint density at radius 3 is 2.67 bits per heavy atom. The highest BCUT2D eigenvalue weighted by atomic mass is 35.5. The van der Waals surface area contributed by atoms with Gasteiger partial charge in [0.05, 0.1) is 25.5 Å². The molecule has 0 radical (unpaired) electrons. The van der Waals surface area contributed by atoms with Crippen LogP contribution in [-0.2, 0) is 4.74 Å². The molecule has 0 atom stereocenters. The van der Waals surface area contributed by atoms with Gasteiger partial charge in [-0.05, 0) is 18.2 Å². The van der Waals surface area contributed by atoms with E-state index < -0.39 is 5.97 Å². The minimum absolute atomic E-state index is 0.415. The molecule has 1 rings (SSSR count). The van der Waals surface area contributed by atoms with Crippen LogP contribution in [0, 0.1) is 0 Å². The SMILES string of the molecule is CC/C(=N\Cl)Nc1cc(C(=O)OC)ccc1OC. The van der Waals surface area contributed by atoms with Crippen molar-refractivity contribution in [2.45, 2.75) is 13.3 Å². The zero-order valence-electron chi connectivity index (χ0n) is 10.5. The third-order valence-corrected chi connectivity index (χ3v) is 2.54. The molecule has 18 heavy (non-hydrogen) atoms. The molecule has 6 heteroatoms. The van der Waals surface area contributed by atoms with Gasteiger partial charge in [-0.2, -0.15) is 4.51 Å². The Morgan fingerprint density at radius 1 is 1.44 bits per heavy atom. The topological polar surface area (TPSA) is 59.9 Å². The summed E-state index contributed by atoms with van der Waals surface area (Å²) in [6, 6.07) is 4.93. The number of halogens is 1. The molecule has 0 aliphatic heterocycles. The summed E-state index contributed by atoms with van der Waals surface area (Å²) in [5.41, 5.74) is 1.03. The van der Waals surface area contributed by atoms with E-state index in [1.165, 1.54) is 7.11 Å². The maximum absolute atomic E-state index is 11.4. The second-order valence-corrected chi connectivity index (χ2v) is 3.59. The van der Waals surface area contributed by atoms with Gasteiger partial charge < -0.3 is 14.8 Å². The van der Waals surface area contributed by atoms with Crippen molar-refractivity contribution in [3.8, 4) is 5.75 Å². The number of nitrogens with zero attached hydrogens (tertiary/aromatic N) is 1. The molecule has 0 saturated heterocycles. The second kappa shape index (κ2) is 6.86. The lowest BCUT2D eigenvalue weighted by Crippen LogP contribution is -2.11. The molecule has 0 aliphatic rings. The van der Waals surface area contributed by atoms with E-state index in [-0.39, 0.29) is 0 Å². The number of nitrogens with one attached hydrogen (secondary N) is 1. The minimum atomic E-state index is -0.415. The fourth-order valence-electron chi connectivity index (χ4n) is 1.38. The van der Waals surface area contributed by atoms with Gasteiger partial charge in [0, 0.05) is 18.2 Å². The molecule has 0 amide bonds. The molecular weight excluding hydrogens is 256 g/mol. The number of benzene rings is 1. The van der Waals surface area contributed by atoms with Crippen LogP contribution < -0.4 is 10.1 Å². The molecule has 0 fully saturated rings. The molecule has 0 heterocycles. The number of methoxy groups -OCH3 is 2. The molecule has 5 nitrogen and oxygen atoms in total. The first kappa shape index (κ1) is 14.3. The summed E-state index contributed by atoms with van der Waals surface area (Å²) in [5.74, 6) is 0.757. The van der Waals surface area contributed by atoms with Gasteiger partial charge in [0.1, 0.15) is 11.6 Å². The molecule has 1 aromatic carbocycles. The van der Waals surface area contributed by atoms with Crippen molar-refractivity contribution in [1.82, 2.24) is 0 Å². The summed E-state index contributed by atoms with van der Waals surface area (Å²) < 4.78 is 13.4. The second-order valence-electron chi connectivity index (χ2n) is 3.42. The molecule has 0 aromatic heterocycles. The standard InChI is InChI=1S/C12H15ClN2O3/c1-4-11(15-13)14-9-7-8(12(16)18-3)5-6-10(9)17-2/h5-7H,4H2,1-3H3,(H,14,15). The smallest absolute Gasteiger partial charge is 0.337 e. The Hall–Kier alpha value is -1.75. The number of carbonyl (C=O) groups is 1. The molecule has 0 unspecified atom stereocenters. The van der Waals surface area contributed by atoms with E-state index in [0.29, 0.717) is 29.3 Å². The van der Waals surface area contributed by atoms with Crippen molar-refractivity contribution in [1.29, 1.82) is 0 Å². The van der Waals surface area contributed by atoms with E-state index in [4.69, 9.17) is 16.5 Å². The van der Waals surface area contributed by atoms with Gasteiger partial charge in [0.15, 0.2) is 0 Å². The summed E-state index contributed by atoms with van der Waals surface area (Å²) in [5, 5.41) is 3.00. The minimum Gasteiger partial charge on any atom is -0.495 e. The first-order valence-corrected chi connectivity index (χ1v) is 5.71. The lowest BCUT2D eigenvalue weighted by atomic mass is 10.2. The fourth-order valence-corrected chi connectivity index (χ4v) is 1.54. The zero-order chi connectivity index (χ0) is 13.5. The molecule has 1 N–H and O–H groups in total. The van der Waals surface area contributed by atoms with Gasteiger partial charge in [0.25, 0.3) is 0 Å². The Kier molecular flexibility index (Phi) is 5.45. The molecular formula is C12H15ClN2O3. The number of hydrogen-bond acceptors (Lipinski definition) is 4. The van der Waals surface area contributed by atoms with Crippen LogP contribution in [0.4, 0.5) is 5.69 Å². The van der Waals surface area contributed by atoms with Crippen molar-refractivity contribution in [2.24, 2.45) is 4.51 Å². The number of anilines is 1. The van der Waals surface area contributed by atoms with E-state index in [2.05, 4.69) is 14.6 Å². The summed E-state index contributed by atoms with van der Waals surface area (Å²) in [4.78, 5) is 11.4. The highest BCUT2D eigenvalue weighted by Gasteiger charge is 2.11. The van der Waals surface area contributed by atoms with Gasteiger partial charge in [-0.1, -0.05) is 6.92 Å². The van der Waals surface area contributed by atoms with Crippen LogP contribution >= 0.6 is 11.8 Å². The van der Waals surface area contributed by atoms with Crippen molar-refractivity contribution >= 4 is 29.3 Å². The molecule has 0 bridgehead atoms. The number of ether oxygens (including phenoxy) is 2. The first-order valence-electron chi connectivity index (χ1n) is 5.37. The van der Waals surface area contributed by atoms with Crippen molar-refractivity contribution in [3.63, 3.8) is 0 Å². The van der Waals surface area contributed by atoms with E-state index in [0.717, 1.165) is 0 Å². The molecule has 98 valence electrons. The van der Waals surface area contributed by atoms with Gasteiger partial charge in [-0.15, -0.1) is 0 Å². The van der Waals surface area contributed by atoms with Crippen LogP contribution in [0.3, 0.4) is 0 Å². The lowest BCUT2D eigenvalue weighted by molar-refractivity contribution is 0.0601. The van der Waals surface area contributed by atoms with E-state index in [1.807, 2.05) is 6.92 Å². The lowest BCUT2D eigenvalue weighted by Gasteiger charge is -2.12. The quantitative estimate of drug-likeness (QED) is 0.519. The van der Waals surface area contributed by atoms with Gasteiger partial charge in [-0.3, -0.25) is 0 Å². The number of hydrogen-bond donors (Lipinski definition) is 1. The van der Waals surface area contributed by atoms with Crippen molar-refractivity contribution in [3.05, 3.63) is 23.8 Å². The normalized spacial score (nSPS) is 11.0. The van der Waals surface area contributed by atoms with Crippen LogP contribution in [0.2, 0.25) is 0 Å². The molecule has 1 aromatic rings. The largest absolute Gasteiger partial charge is 0.495 e. The Bertz CT molecular complexity index is 461. The number of amidine groups is 1. The summed E-state index contributed by atoms with van der Waals surface area (Å²) in [6.07, 6.45) is 0.634. The highest BCUT2D eigenvalue weighted by Crippen LogP contribution is 2.26. The van der Waals surface area contributed by atoms with Crippen molar-refractivity contribution < 1.29 is 14.3 Å². The maximum atomic E-state index is 11.4. The number of esters is 1. The van der Waals surface area contributed by atoms with Gasteiger partial charge in [0.2, 0.25) is 0 Å². The number of rotatable bonds is 4. The third-order valence-electron chi connectivity index (χ3n) is 2.34. The zero-order valence-corrected chi connectivity index (χ0v) is 11.2. The van der Waals surface area contributed by atoms with E-state index in [9.17, 15) is 4.79 Å². The summed E-state index contributed by atoms with van der Waals surface area (Å²) in [6.45, 7) is 1.91. The van der Waals surface area contributed by atoms with Crippen LogP contribution in [-0.4, -0.2) is 26.0 Å². The van der Waals surface area contributed by atoms with Crippen LogP contribution in [0.15, 0.2) is 22.7 Å². The van der Waals surface area contributed by atoms with Crippen LogP contribution in [0.1, 0.15) is 23.7 Å². The predicted molar refractivity (Wildman–Crippen MR) is 71.5 cm³/mol. The number of carbonyl (C=O) groups excluding carboxylic acids is 1. The van der Waals surface area contributed by atoms with Gasteiger partial charge >= 0.3 is 5.97 Å². The average molecular weight is 271 g/mol. The van der Waals surface area contributed by atoms with Crippen LogP contribution in [0.25, 0.3) is 0 Å². The molecule has 0 aliphatic carbocycles. The Labute approximate surface area is 111 Å². The van der Waals surface area contributed by atoms with Crippen LogP contribution in [0.5, 0.6) is 5.75 Å². The Morgan fingerprint density at radius 2 is 2.17 bits per heavy atom. The Balaban J connectivity index is 3.10. The fraction of sp³-hybridized carbons (Fsp3) is 0.333. The molecule has 0 saturated carbocycles. The van der Waals surface area contributed by atoms with Gasteiger partial charge in [-0.25, -0.2) is 4.79 Å². The maximum Gasteiger partial charge on any atom is 0.337 e. The summed E-state index contributed by atoms with van der Waals surface area (Å²) in [7, 11) is 2.87. The van der Waals surface area contributed by atoms with E-state index >= 15 is 0 Å². The van der Waals surface area contributed by atoms with Crippen molar-refractivity contribution in [2.75, 3.05) is 19.5 Å². The average Bonchev–Trinajstić information content (AvgIpc) is 2.43. The molecule has 0 spiro atoms. The summed E-state index contributed by atoms with van der Waals surface area (Å²) >= 11 is 5.44. The highest BCUT2D eigenvalue weighted by molar-refractivity contribution is 6.21. The first-order chi connectivity index (χ1) is 8.65. The predicted octanol–water partition coefficient (Wildman–Crippen LogP) is 2.86. The third kappa shape index (κ3) is 3.37.